The van der Waals surface area contributed by atoms with E-state index in [1.165, 1.54) is 0 Å². The number of hydrogen-bond donors (Lipinski definition) is 0. The van der Waals surface area contributed by atoms with E-state index < -0.39 is 0 Å². The molecule has 0 atom stereocenters. The lowest BCUT2D eigenvalue weighted by Crippen LogP contribution is -1.86. The molecule has 0 aliphatic carbocycles. The van der Waals surface area contributed by atoms with Gasteiger partial charge in [0.15, 0.2) is 0 Å². The van der Waals surface area contributed by atoms with Gasteiger partial charge in [0.05, 0.1) is 0 Å². The Morgan fingerprint density at radius 3 is 2.11 bits per heavy atom. The summed E-state index contributed by atoms with van der Waals surface area (Å²) in [5.74, 6) is 1.22. The Kier molecular flexibility index (Phi) is 4.79. The van der Waals surface area contributed by atoms with E-state index in [9.17, 15) is 0 Å². The van der Waals surface area contributed by atoms with Gasteiger partial charge in [-0.15, -0.1) is 0 Å². The van der Waals surface area contributed by atoms with Crippen molar-refractivity contribution < 1.29 is 4.74 Å². The van der Waals surface area contributed by atoms with Gasteiger partial charge < -0.3 is 4.74 Å². The Bertz CT molecular complexity index is 552. The van der Waals surface area contributed by atoms with E-state index >= 15 is 0 Å². The summed E-state index contributed by atoms with van der Waals surface area (Å²) >= 11 is 21.3. The molecule has 0 saturated carbocycles. The molecule has 0 radical (unpaired) electrons. The van der Waals surface area contributed by atoms with Crippen molar-refractivity contribution in [2.45, 2.75) is 5.33 Å². The fraction of sp³-hybridized carbons (Fsp3) is 0.0769. The van der Waals surface area contributed by atoms with E-state index in [-0.39, 0.29) is 0 Å². The van der Waals surface area contributed by atoms with Crippen LogP contribution in [0.4, 0.5) is 0 Å². The highest BCUT2D eigenvalue weighted by Gasteiger charge is 2.04. The van der Waals surface area contributed by atoms with E-state index in [1.54, 1.807) is 24.3 Å². The van der Waals surface area contributed by atoms with Crippen LogP contribution in [0, 0.1) is 0 Å². The minimum Gasteiger partial charge on any atom is -0.457 e. The third-order valence-corrected chi connectivity index (χ3v) is 3.63. The summed E-state index contributed by atoms with van der Waals surface area (Å²) in [5.41, 5.74) is 1.01. The maximum atomic E-state index is 6.10. The highest BCUT2D eigenvalue weighted by atomic mass is 79.9. The minimum absolute atomic E-state index is 0.528. The van der Waals surface area contributed by atoms with Gasteiger partial charge in [0.25, 0.3) is 0 Å². The highest BCUT2D eigenvalue weighted by Crippen LogP contribution is 2.31. The Morgan fingerprint density at radius 2 is 1.56 bits per heavy atom. The average molecular weight is 366 g/mol. The molecule has 2 rings (SSSR count). The van der Waals surface area contributed by atoms with Crippen LogP contribution in [0.5, 0.6) is 11.5 Å². The van der Waals surface area contributed by atoms with Gasteiger partial charge in [-0.25, -0.2) is 0 Å². The van der Waals surface area contributed by atoms with Crippen molar-refractivity contribution >= 4 is 50.7 Å². The van der Waals surface area contributed by atoms with Crippen LogP contribution in [0.2, 0.25) is 15.1 Å². The molecule has 0 aromatic heterocycles. The molecular formula is C13H8BrCl3O. The van der Waals surface area contributed by atoms with Crippen LogP contribution < -0.4 is 4.74 Å². The van der Waals surface area contributed by atoms with Crippen LogP contribution in [0.25, 0.3) is 0 Å². The van der Waals surface area contributed by atoms with Gasteiger partial charge in [-0.05, 0) is 35.9 Å². The van der Waals surface area contributed by atoms with Crippen molar-refractivity contribution in [1.82, 2.24) is 0 Å². The summed E-state index contributed by atoms with van der Waals surface area (Å²) in [5, 5.41) is 2.41. The monoisotopic (exact) mass is 364 g/mol. The molecule has 0 heterocycles. The largest absolute Gasteiger partial charge is 0.457 e. The van der Waals surface area contributed by atoms with Gasteiger partial charge in [0.1, 0.15) is 11.5 Å². The van der Waals surface area contributed by atoms with E-state index in [4.69, 9.17) is 39.5 Å². The number of benzene rings is 2. The third kappa shape index (κ3) is 3.55. The molecule has 2 aromatic carbocycles. The zero-order chi connectivity index (χ0) is 13.1. The fourth-order valence-electron chi connectivity index (χ4n) is 1.42. The molecule has 2 aromatic rings. The summed E-state index contributed by atoms with van der Waals surface area (Å²) in [6.07, 6.45) is 0. The number of hydrogen-bond acceptors (Lipinski definition) is 1. The van der Waals surface area contributed by atoms with Gasteiger partial charge in [-0.3, -0.25) is 0 Å². The average Bonchev–Trinajstić information content (AvgIpc) is 2.27. The van der Waals surface area contributed by atoms with Gasteiger partial charge in [-0.2, -0.15) is 0 Å². The van der Waals surface area contributed by atoms with Crippen molar-refractivity contribution in [3.05, 3.63) is 57.0 Å². The Balaban J connectivity index is 2.25. The van der Waals surface area contributed by atoms with Crippen molar-refractivity contribution in [3.8, 4) is 11.5 Å². The quantitative estimate of drug-likeness (QED) is 0.576. The summed E-state index contributed by atoms with van der Waals surface area (Å²) in [6.45, 7) is 0. The zero-order valence-electron chi connectivity index (χ0n) is 9.09. The van der Waals surface area contributed by atoms with Crippen molar-refractivity contribution in [2.24, 2.45) is 0 Å². The molecule has 0 saturated heterocycles. The lowest BCUT2D eigenvalue weighted by Gasteiger charge is -2.08. The summed E-state index contributed by atoms with van der Waals surface area (Å²) in [6, 6.07) is 10.5. The molecule has 18 heavy (non-hydrogen) atoms. The normalized spacial score (nSPS) is 10.4. The maximum Gasteiger partial charge on any atom is 0.130 e. The maximum absolute atomic E-state index is 6.10. The van der Waals surface area contributed by atoms with Crippen molar-refractivity contribution in [2.75, 3.05) is 0 Å². The number of ether oxygens (including phenoxy) is 1. The van der Waals surface area contributed by atoms with Crippen LogP contribution in [-0.2, 0) is 5.33 Å². The smallest absolute Gasteiger partial charge is 0.130 e. The molecule has 0 unspecified atom stereocenters. The molecule has 0 amide bonds. The van der Waals surface area contributed by atoms with E-state index in [1.807, 2.05) is 12.1 Å². The molecule has 0 aliphatic rings. The van der Waals surface area contributed by atoms with E-state index in [0.717, 1.165) is 5.56 Å². The molecule has 0 aliphatic heterocycles. The predicted molar refractivity (Wildman–Crippen MR) is 80.6 cm³/mol. The second kappa shape index (κ2) is 6.16. The Hall–Kier alpha value is -0.410. The fourth-order valence-corrected chi connectivity index (χ4v) is 2.82. The van der Waals surface area contributed by atoms with Crippen LogP contribution in [-0.4, -0.2) is 0 Å². The topological polar surface area (TPSA) is 9.23 Å². The first-order valence-electron chi connectivity index (χ1n) is 5.07. The lowest BCUT2D eigenvalue weighted by molar-refractivity contribution is 0.482. The predicted octanol–water partition coefficient (Wildman–Crippen LogP) is 6.33. The van der Waals surface area contributed by atoms with E-state index in [0.29, 0.717) is 31.9 Å². The molecule has 0 N–H and O–H groups in total. The number of alkyl halides is 1. The Labute approximate surface area is 129 Å². The number of halogens is 4. The van der Waals surface area contributed by atoms with Crippen LogP contribution in [0.3, 0.4) is 0 Å². The van der Waals surface area contributed by atoms with Crippen molar-refractivity contribution in [1.29, 1.82) is 0 Å². The van der Waals surface area contributed by atoms with Crippen LogP contribution in [0.1, 0.15) is 5.56 Å². The first kappa shape index (κ1) is 14.0. The minimum atomic E-state index is 0.528. The molecular weight excluding hydrogens is 358 g/mol. The summed E-state index contributed by atoms with van der Waals surface area (Å²) in [7, 11) is 0. The first-order chi connectivity index (χ1) is 8.58. The van der Waals surface area contributed by atoms with Crippen LogP contribution in [0.15, 0.2) is 36.4 Å². The first-order valence-corrected chi connectivity index (χ1v) is 7.32. The van der Waals surface area contributed by atoms with E-state index in [2.05, 4.69) is 15.9 Å². The van der Waals surface area contributed by atoms with Crippen LogP contribution >= 0.6 is 50.7 Å². The molecule has 94 valence electrons. The van der Waals surface area contributed by atoms with Crippen molar-refractivity contribution in [3.63, 3.8) is 0 Å². The van der Waals surface area contributed by atoms with Gasteiger partial charge in [-0.1, -0.05) is 56.8 Å². The Morgan fingerprint density at radius 1 is 0.889 bits per heavy atom. The second-order valence-electron chi connectivity index (χ2n) is 3.59. The number of rotatable bonds is 3. The summed E-state index contributed by atoms with van der Waals surface area (Å²) in [4.78, 5) is 0. The highest BCUT2D eigenvalue weighted by molar-refractivity contribution is 9.08. The standard InChI is InChI=1S/C13H8BrCl3O/c14-7-8-1-2-11(6-13(8)17)18-12-4-9(15)3-10(16)5-12/h1-6H,7H2. The molecule has 0 bridgehead atoms. The SMILES string of the molecule is Clc1cc(Cl)cc(Oc2ccc(CBr)c(Cl)c2)c1. The second-order valence-corrected chi connectivity index (χ2v) is 5.43. The molecule has 0 spiro atoms. The lowest BCUT2D eigenvalue weighted by atomic mass is 10.2. The zero-order valence-corrected chi connectivity index (χ0v) is 12.9. The van der Waals surface area contributed by atoms with Gasteiger partial charge >= 0.3 is 0 Å². The molecule has 0 fully saturated rings. The van der Waals surface area contributed by atoms with Gasteiger partial charge in [0, 0.05) is 20.4 Å². The van der Waals surface area contributed by atoms with Gasteiger partial charge in [0.2, 0.25) is 0 Å². The molecule has 1 nitrogen and oxygen atoms in total. The summed E-state index contributed by atoms with van der Waals surface area (Å²) < 4.78 is 5.65. The molecule has 5 heteroatoms. The third-order valence-electron chi connectivity index (χ3n) is 2.24.